The van der Waals surface area contributed by atoms with Gasteiger partial charge in [0.25, 0.3) is 0 Å². The molecule has 2 heterocycles. The van der Waals surface area contributed by atoms with Crippen molar-refractivity contribution in [3.05, 3.63) is 17.8 Å². The Morgan fingerprint density at radius 2 is 2.29 bits per heavy atom. The van der Waals surface area contributed by atoms with Gasteiger partial charge in [-0.2, -0.15) is 10.2 Å². The first-order valence-corrected chi connectivity index (χ1v) is 5.52. The molecule has 0 spiro atoms. The number of nitrogens with two attached hydrogens (primary N) is 1. The van der Waals surface area contributed by atoms with Gasteiger partial charge in [0.15, 0.2) is 0 Å². The molecule has 0 unspecified atom stereocenters. The van der Waals surface area contributed by atoms with Crippen molar-refractivity contribution in [1.82, 2.24) is 25.0 Å². The van der Waals surface area contributed by atoms with E-state index in [9.17, 15) is 0 Å². The number of nitrogens with zero attached hydrogens (tertiary/aromatic N) is 4. The van der Waals surface area contributed by atoms with Gasteiger partial charge in [0.05, 0.1) is 17.9 Å². The topological polar surface area (TPSA) is 97.4 Å². The Hall–Kier alpha value is -2.05. The number of nitrogen functional groups attached to an aromatic ring is 1. The fraction of sp³-hybridized carbons (Fsp3) is 0.500. The summed E-state index contributed by atoms with van der Waals surface area (Å²) in [5, 5.41) is 14.2. The van der Waals surface area contributed by atoms with Crippen LogP contribution in [0.1, 0.15) is 31.4 Å². The van der Waals surface area contributed by atoms with Gasteiger partial charge in [-0.1, -0.05) is 0 Å². The van der Waals surface area contributed by atoms with Crippen molar-refractivity contribution in [1.29, 1.82) is 0 Å². The fourth-order valence-corrected chi connectivity index (χ4v) is 1.59. The minimum Gasteiger partial charge on any atom is -0.394 e. The Labute approximate surface area is 99.4 Å². The summed E-state index contributed by atoms with van der Waals surface area (Å²) < 4.78 is 1.88. The average Bonchev–Trinajstić information content (AvgIpc) is 2.87. The highest BCUT2D eigenvalue weighted by molar-refractivity contribution is 5.64. The Kier molecular flexibility index (Phi) is 2.99. The van der Waals surface area contributed by atoms with Crippen LogP contribution in [0.3, 0.4) is 0 Å². The molecule has 2 aromatic heterocycles. The van der Waals surface area contributed by atoms with E-state index in [-0.39, 0.29) is 6.04 Å². The normalized spacial score (nSPS) is 11.1. The third kappa shape index (κ3) is 2.22. The summed E-state index contributed by atoms with van der Waals surface area (Å²) in [5.74, 6) is 1.59. The van der Waals surface area contributed by atoms with Crippen molar-refractivity contribution < 1.29 is 0 Å². The molecule has 0 amide bonds. The molecule has 17 heavy (non-hydrogen) atoms. The quantitative estimate of drug-likeness (QED) is 0.736. The smallest absolute Gasteiger partial charge is 0.148 e. The minimum atomic E-state index is 0.253. The van der Waals surface area contributed by atoms with E-state index in [4.69, 9.17) is 5.73 Å². The second kappa shape index (κ2) is 4.44. The molecule has 0 radical (unpaired) electrons. The first-order chi connectivity index (χ1) is 8.09. The highest BCUT2D eigenvalue weighted by atomic mass is 15.4. The van der Waals surface area contributed by atoms with Crippen molar-refractivity contribution in [2.24, 2.45) is 0 Å². The van der Waals surface area contributed by atoms with Crippen LogP contribution in [0.15, 0.2) is 6.33 Å². The predicted molar refractivity (Wildman–Crippen MR) is 65.5 cm³/mol. The molecule has 0 saturated heterocycles. The maximum absolute atomic E-state index is 5.99. The Bertz CT molecular complexity index is 483. The van der Waals surface area contributed by atoms with E-state index < -0.39 is 0 Å². The number of rotatable bonds is 4. The largest absolute Gasteiger partial charge is 0.394 e. The monoisotopic (exact) mass is 235 g/mol. The first kappa shape index (κ1) is 11.4. The Morgan fingerprint density at radius 3 is 2.88 bits per heavy atom. The first-order valence-electron chi connectivity index (χ1n) is 5.52. The Morgan fingerprint density at radius 1 is 1.53 bits per heavy atom. The van der Waals surface area contributed by atoms with E-state index in [0.717, 1.165) is 17.3 Å². The third-order valence-electron chi connectivity index (χ3n) is 2.51. The molecule has 0 saturated carbocycles. The molecule has 0 aliphatic rings. The van der Waals surface area contributed by atoms with Gasteiger partial charge in [-0.05, 0) is 20.8 Å². The molecule has 0 fully saturated rings. The maximum Gasteiger partial charge on any atom is 0.148 e. The van der Waals surface area contributed by atoms with Crippen LogP contribution in [0.4, 0.5) is 11.5 Å². The van der Waals surface area contributed by atoms with E-state index in [1.807, 2.05) is 11.6 Å². The van der Waals surface area contributed by atoms with Gasteiger partial charge in [-0.3, -0.25) is 5.10 Å². The van der Waals surface area contributed by atoms with Crippen LogP contribution in [0.5, 0.6) is 0 Å². The zero-order valence-electron chi connectivity index (χ0n) is 10.2. The van der Waals surface area contributed by atoms with Gasteiger partial charge < -0.3 is 11.1 Å². The lowest BCUT2D eigenvalue weighted by Crippen LogP contribution is -2.11. The molecular weight excluding hydrogens is 218 g/mol. The van der Waals surface area contributed by atoms with E-state index in [1.165, 1.54) is 6.33 Å². The fourth-order valence-electron chi connectivity index (χ4n) is 1.59. The SMILES string of the molecule is Cc1nn(C(C)C)c(NCc2ncn[nH]2)c1N. The van der Waals surface area contributed by atoms with Crippen molar-refractivity contribution in [2.75, 3.05) is 11.1 Å². The van der Waals surface area contributed by atoms with E-state index in [1.54, 1.807) is 0 Å². The van der Waals surface area contributed by atoms with Crippen molar-refractivity contribution in [3.8, 4) is 0 Å². The highest BCUT2D eigenvalue weighted by Gasteiger charge is 2.14. The number of anilines is 2. The summed E-state index contributed by atoms with van der Waals surface area (Å²) in [6.45, 7) is 6.56. The average molecular weight is 235 g/mol. The summed E-state index contributed by atoms with van der Waals surface area (Å²) in [7, 11) is 0. The van der Waals surface area contributed by atoms with Crippen LogP contribution in [0.25, 0.3) is 0 Å². The van der Waals surface area contributed by atoms with Gasteiger partial charge in [0.2, 0.25) is 0 Å². The summed E-state index contributed by atoms with van der Waals surface area (Å²) in [6.07, 6.45) is 1.48. The second-order valence-corrected chi connectivity index (χ2v) is 4.17. The molecule has 7 nitrogen and oxygen atoms in total. The number of aromatic nitrogens is 5. The van der Waals surface area contributed by atoms with E-state index in [2.05, 4.69) is 39.4 Å². The highest BCUT2D eigenvalue weighted by Crippen LogP contribution is 2.25. The van der Waals surface area contributed by atoms with Crippen LogP contribution >= 0.6 is 0 Å². The number of aryl methyl sites for hydroxylation is 1. The minimum absolute atomic E-state index is 0.253. The van der Waals surface area contributed by atoms with Crippen LogP contribution < -0.4 is 11.1 Å². The zero-order chi connectivity index (χ0) is 12.4. The number of aromatic amines is 1. The molecule has 0 aliphatic heterocycles. The molecule has 2 aromatic rings. The summed E-state index contributed by atoms with van der Waals surface area (Å²) in [4.78, 5) is 4.04. The lowest BCUT2D eigenvalue weighted by Gasteiger charge is -2.12. The van der Waals surface area contributed by atoms with Crippen LogP contribution in [0.2, 0.25) is 0 Å². The predicted octanol–water partition coefficient (Wildman–Crippen LogP) is 1.08. The van der Waals surface area contributed by atoms with E-state index in [0.29, 0.717) is 12.2 Å². The van der Waals surface area contributed by atoms with Crippen molar-refractivity contribution >= 4 is 11.5 Å². The zero-order valence-corrected chi connectivity index (χ0v) is 10.2. The van der Waals surface area contributed by atoms with E-state index >= 15 is 0 Å². The van der Waals surface area contributed by atoms with Crippen molar-refractivity contribution in [3.63, 3.8) is 0 Å². The summed E-state index contributed by atoms with van der Waals surface area (Å²) in [6, 6.07) is 0.253. The lowest BCUT2D eigenvalue weighted by molar-refractivity contribution is 0.534. The Balaban J connectivity index is 2.19. The summed E-state index contributed by atoms with van der Waals surface area (Å²) in [5.41, 5.74) is 7.50. The number of hydrogen-bond acceptors (Lipinski definition) is 5. The number of nitrogens with one attached hydrogen (secondary N) is 2. The lowest BCUT2D eigenvalue weighted by atomic mass is 10.3. The molecular formula is C10H17N7. The molecule has 4 N–H and O–H groups in total. The molecule has 2 rings (SSSR count). The number of hydrogen-bond donors (Lipinski definition) is 3. The molecule has 0 aliphatic carbocycles. The second-order valence-electron chi connectivity index (χ2n) is 4.17. The molecule has 0 bridgehead atoms. The van der Waals surface area contributed by atoms with Crippen LogP contribution in [-0.2, 0) is 6.54 Å². The standard InChI is InChI=1S/C10H17N7/c1-6(2)17-10(9(11)7(3)16-17)12-4-8-13-5-14-15-8/h5-6,12H,4,11H2,1-3H3,(H,13,14,15). The van der Waals surface area contributed by atoms with Gasteiger partial charge in [0, 0.05) is 6.04 Å². The van der Waals surface area contributed by atoms with Gasteiger partial charge in [-0.15, -0.1) is 0 Å². The van der Waals surface area contributed by atoms with Crippen molar-refractivity contribution in [2.45, 2.75) is 33.4 Å². The molecule has 0 aromatic carbocycles. The van der Waals surface area contributed by atoms with Gasteiger partial charge >= 0.3 is 0 Å². The van der Waals surface area contributed by atoms with Gasteiger partial charge in [0.1, 0.15) is 18.0 Å². The molecule has 0 atom stereocenters. The maximum atomic E-state index is 5.99. The third-order valence-corrected chi connectivity index (χ3v) is 2.51. The summed E-state index contributed by atoms with van der Waals surface area (Å²) >= 11 is 0. The van der Waals surface area contributed by atoms with Crippen LogP contribution in [0, 0.1) is 6.92 Å². The number of H-pyrrole nitrogens is 1. The molecule has 92 valence electrons. The van der Waals surface area contributed by atoms with Gasteiger partial charge in [-0.25, -0.2) is 9.67 Å². The van der Waals surface area contributed by atoms with Crippen LogP contribution in [-0.4, -0.2) is 25.0 Å². The molecule has 7 heteroatoms.